The van der Waals surface area contributed by atoms with Crippen LogP contribution in [0.4, 0.5) is 0 Å². The van der Waals surface area contributed by atoms with E-state index in [0.29, 0.717) is 10.2 Å². The van der Waals surface area contributed by atoms with Crippen molar-refractivity contribution in [1.82, 2.24) is 5.32 Å². The molecule has 8 heavy (non-hydrogen) atoms. The van der Waals surface area contributed by atoms with Crippen molar-refractivity contribution in [2.75, 3.05) is 13.1 Å². The van der Waals surface area contributed by atoms with Crippen LogP contribution in [0.1, 0.15) is 6.92 Å². The summed E-state index contributed by atoms with van der Waals surface area (Å²) in [4.78, 5) is 0. The molecule has 2 atom stereocenters. The first kappa shape index (κ1) is 6.77. The van der Waals surface area contributed by atoms with Gasteiger partial charge in [0.05, 0.1) is 6.10 Å². The summed E-state index contributed by atoms with van der Waals surface area (Å²) < 4.78 is 5.78. The van der Waals surface area contributed by atoms with E-state index in [1.807, 2.05) is 0 Å². The standard InChI is InChI=1S/C5H10INO/c1-4-2-7-3-5(6)8-4/h4-5,7H,2-3H2,1H3/t4-,5-/m1/s1. The Hall–Kier alpha value is 0.650. The lowest BCUT2D eigenvalue weighted by Gasteiger charge is -2.24. The largest absolute Gasteiger partial charge is 0.362 e. The highest BCUT2D eigenvalue weighted by Gasteiger charge is 2.14. The third kappa shape index (κ3) is 1.87. The molecule has 0 aromatic heterocycles. The van der Waals surface area contributed by atoms with E-state index >= 15 is 0 Å². The second kappa shape index (κ2) is 2.98. The first-order valence-electron chi connectivity index (χ1n) is 2.79. The van der Waals surface area contributed by atoms with Gasteiger partial charge in [0.25, 0.3) is 0 Å². The minimum atomic E-state index is 0.372. The fourth-order valence-electron chi connectivity index (χ4n) is 0.748. The van der Waals surface area contributed by atoms with Crippen molar-refractivity contribution < 1.29 is 4.74 Å². The molecule has 0 saturated carbocycles. The molecule has 0 bridgehead atoms. The predicted octanol–water partition coefficient (Wildman–Crippen LogP) is 0.756. The van der Waals surface area contributed by atoms with Crippen molar-refractivity contribution in [3.63, 3.8) is 0 Å². The van der Waals surface area contributed by atoms with E-state index in [-0.39, 0.29) is 0 Å². The van der Waals surface area contributed by atoms with Crippen molar-refractivity contribution in [3.05, 3.63) is 0 Å². The van der Waals surface area contributed by atoms with Gasteiger partial charge in [-0.2, -0.15) is 0 Å². The molecule has 0 spiro atoms. The highest BCUT2D eigenvalue weighted by molar-refractivity contribution is 14.1. The molecule has 0 radical (unpaired) electrons. The number of rotatable bonds is 0. The van der Waals surface area contributed by atoms with Crippen LogP contribution in [0.15, 0.2) is 0 Å². The van der Waals surface area contributed by atoms with Gasteiger partial charge in [0, 0.05) is 13.1 Å². The van der Waals surface area contributed by atoms with Gasteiger partial charge in [0.1, 0.15) is 4.11 Å². The van der Waals surface area contributed by atoms with Gasteiger partial charge in [-0.05, 0) is 29.5 Å². The van der Waals surface area contributed by atoms with Crippen molar-refractivity contribution in [1.29, 1.82) is 0 Å². The summed E-state index contributed by atoms with van der Waals surface area (Å²) in [7, 11) is 0. The average Bonchev–Trinajstić information content (AvgIpc) is 1.64. The van der Waals surface area contributed by atoms with Gasteiger partial charge in [-0.3, -0.25) is 0 Å². The summed E-state index contributed by atoms with van der Waals surface area (Å²) in [5.74, 6) is 0. The van der Waals surface area contributed by atoms with E-state index in [4.69, 9.17) is 4.74 Å². The van der Waals surface area contributed by atoms with Crippen LogP contribution in [-0.2, 0) is 4.74 Å². The van der Waals surface area contributed by atoms with Crippen LogP contribution in [-0.4, -0.2) is 23.3 Å². The molecule has 0 unspecified atom stereocenters. The third-order valence-corrected chi connectivity index (χ3v) is 1.85. The van der Waals surface area contributed by atoms with Crippen LogP contribution in [0.5, 0.6) is 0 Å². The maximum absolute atomic E-state index is 5.41. The fraction of sp³-hybridized carbons (Fsp3) is 1.00. The number of halogens is 1. The first-order valence-corrected chi connectivity index (χ1v) is 4.04. The van der Waals surface area contributed by atoms with Gasteiger partial charge < -0.3 is 10.1 Å². The third-order valence-electron chi connectivity index (χ3n) is 1.12. The minimum absolute atomic E-state index is 0.372. The van der Waals surface area contributed by atoms with Gasteiger partial charge >= 0.3 is 0 Å². The van der Waals surface area contributed by atoms with Crippen LogP contribution in [0, 0.1) is 0 Å². The molecule has 2 nitrogen and oxygen atoms in total. The molecule has 1 saturated heterocycles. The van der Waals surface area contributed by atoms with Crippen molar-refractivity contribution in [2.24, 2.45) is 0 Å². The molecule has 0 aromatic carbocycles. The lowest BCUT2D eigenvalue weighted by molar-refractivity contribution is 0.0296. The summed E-state index contributed by atoms with van der Waals surface area (Å²) in [5.41, 5.74) is 0. The van der Waals surface area contributed by atoms with Crippen LogP contribution in [0.25, 0.3) is 0 Å². The molecule has 1 aliphatic rings. The van der Waals surface area contributed by atoms with Gasteiger partial charge in [-0.15, -0.1) is 0 Å². The van der Waals surface area contributed by atoms with Gasteiger partial charge in [0.2, 0.25) is 0 Å². The lowest BCUT2D eigenvalue weighted by Crippen LogP contribution is -2.40. The van der Waals surface area contributed by atoms with E-state index in [2.05, 4.69) is 34.8 Å². The van der Waals surface area contributed by atoms with E-state index in [1.54, 1.807) is 0 Å². The molecule has 0 aliphatic carbocycles. The SMILES string of the molecule is C[C@@H]1CNC[C@H](I)O1. The molecular weight excluding hydrogens is 217 g/mol. The van der Waals surface area contributed by atoms with E-state index in [9.17, 15) is 0 Å². The summed E-state index contributed by atoms with van der Waals surface area (Å²) in [5, 5.41) is 3.25. The number of hydrogen-bond acceptors (Lipinski definition) is 2. The van der Waals surface area contributed by atoms with Crippen LogP contribution >= 0.6 is 22.6 Å². The molecule has 1 fully saturated rings. The summed E-state index contributed by atoms with van der Waals surface area (Å²) >= 11 is 2.29. The normalized spacial score (nSPS) is 39.8. The molecule has 1 N–H and O–H groups in total. The number of nitrogens with one attached hydrogen (secondary N) is 1. The van der Waals surface area contributed by atoms with Gasteiger partial charge in [-0.1, -0.05) is 0 Å². The van der Waals surface area contributed by atoms with Crippen LogP contribution < -0.4 is 5.32 Å². The zero-order valence-corrected chi connectivity index (χ0v) is 7.01. The monoisotopic (exact) mass is 227 g/mol. The Kier molecular flexibility index (Phi) is 2.52. The predicted molar refractivity (Wildman–Crippen MR) is 41.2 cm³/mol. The Labute approximate surface area is 63.1 Å². The number of hydrogen-bond donors (Lipinski definition) is 1. The Morgan fingerprint density at radius 2 is 2.38 bits per heavy atom. The van der Waals surface area contributed by atoms with Crippen molar-refractivity contribution >= 4 is 22.6 Å². The molecular formula is C5H10INO. The molecule has 1 heterocycles. The molecule has 1 aliphatic heterocycles. The Morgan fingerprint density at radius 3 is 2.75 bits per heavy atom. The number of morpholine rings is 1. The zero-order valence-electron chi connectivity index (χ0n) is 4.86. The Morgan fingerprint density at radius 1 is 1.62 bits per heavy atom. The quantitative estimate of drug-likeness (QED) is 0.487. The van der Waals surface area contributed by atoms with E-state index in [1.165, 1.54) is 0 Å². The smallest absolute Gasteiger partial charge is 0.121 e. The molecule has 0 aromatic rings. The second-order valence-corrected chi connectivity index (χ2v) is 3.40. The lowest BCUT2D eigenvalue weighted by atomic mass is 10.3. The zero-order chi connectivity index (χ0) is 5.98. The van der Waals surface area contributed by atoms with E-state index < -0.39 is 0 Å². The number of alkyl halides is 1. The average molecular weight is 227 g/mol. The minimum Gasteiger partial charge on any atom is -0.362 e. The van der Waals surface area contributed by atoms with Crippen molar-refractivity contribution in [2.45, 2.75) is 17.1 Å². The van der Waals surface area contributed by atoms with Crippen molar-refractivity contribution in [3.8, 4) is 0 Å². The molecule has 0 amide bonds. The maximum Gasteiger partial charge on any atom is 0.121 e. The van der Waals surface area contributed by atoms with E-state index in [0.717, 1.165) is 13.1 Å². The topological polar surface area (TPSA) is 21.3 Å². The van der Waals surface area contributed by atoms with Crippen LogP contribution in [0.3, 0.4) is 0 Å². The Bertz CT molecular complexity index is 70.8. The summed E-state index contributed by atoms with van der Waals surface area (Å²) in [6, 6.07) is 0. The van der Waals surface area contributed by atoms with Gasteiger partial charge in [-0.25, -0.2) is 0 Å². The summed E-state index contributed by atoms with van der Waals surface area (Å²) in [6.45, 7) is 4.07. The molecule has 1 rings (SSSR count). The fourth-order valence-corrected chi connectivity index (χ4v) is 1.56. The summed E-state index contributed by atoms with van der Waals surface area (Å²) in [6.07, 6.45) is 0.394. The first-order chi connectivity index (χ1) is 3.79. The molecule has 48 valence electrons. The maximum atomic E-state index is 5.41. The highest BCUT2D eigenvalue weighted by Crippen LogP contribution is 2.08. The number of ether oxygens (including phenoxy) is 1. The van der Waals surface area contributed by atoms with Crippen LogP contribution in [0.2, 0.25) is 0 Å². The highest BCUT2D eigenvalue weighted by atomic mass is 127. The van der Waals surface area contributed by atoms with Gasteiger partial charge in [0.15, 0.2) is 0 Å². The second-order valence-electron chi connectivity index (χ2n) is 2.02. The Balaban J connectivity index is 2.23. The molecule has 3 heteroatoms.